The van der Waals surface area contributed by atoms with Crippen LogP contribution in [0.15, 0.2) is 23.4 Å². The maximum atomic E-state index is 14.2. The van der Waals surface area contributed by atoms with Gasteiger partial charge >= 0.3 is 0 Å². The van der Waals surface area contributed by atoms with Crippen LogP contribution < -0.4 is 10.6 Å². The van der Waals surface area contributed by atoms with Crippen molar-refractivity contribution in [2.45, 2.75) is 12.8 Å². The van der Waals surface area contributed by atoms with Crippen LogP contribution in [0.1, 0.15) is 18.4 Å². The lowest BCUT2D eigenvalue weighted by molar-refractivity contribution is 0.284. The minimum absolute atomic E-state index is 0.0786. The Kier molecular flexibility index (Phi) is 5.01. The number of halogens is 1. The first-order valence-electron chi connectivity index (χ1n) is 7.18. The molecule has 2 rings (SSSR count). The van der Waals surface area contributed by atoms with E-state index in [1.54, 1.807) is 12.1 Å². The topological polar surface area (TPSA) is 65.1 Å². The molecule has 1 heterocycles. The summed E-state index contributed by atoms with van der Waals surface area (Å²) >= 11 is 0. The predicted octanol–water partition coefficient (Wildman–Crippen LogP) is 1.70. The number of hydrogen-bond donors (Lipinski definition) is 2. The SMILES string of the molecule is CN(C)CC1CCN(c2ccc(C(N)=NO)cc2F)CC1. The molecule has 0 atom stereocenters. The van der Waals surface area contributed by atoms with E-state index in [1.807, 2.05) is 0 Å². The molecular formula is C15H23FN4O. The van der Waals surface area contributed by atoms with Crippen molar-refractivity contribution < 1.29 is 9.60 Å². The van der Waals surface area contributed by atoms with Crippen molar-refractivity contribution in [3.05, 3.63) is 29.6 Å². The summed E-state index contributed by atoms with van der Waals surface area (Å²) < 4.78 is 14.2. The van der Waals surface area contributed by atoms with E-state index < -0.39 is 0 Å². The molecule has 0 bridgehead atoms. The summed E-state index contributed by atoms with van der Waals surface area (Å²) in [5, 5.41) is 11.5. The van der Waals surface area contributed by atoms with Gasteiger partial charge in [-0.2, -0.15) is 0 Å². The third kappa shape index (κ3) is 3.85. The summed E-state index contributed by atoms with van der Waals surface area (Å²) in [4.78, 5) is 4.27. The molecule has 1 aromatic carbocycles. The van der Waals surface area contributed by atoms with Gasteiger partial charge in [0.05, 0.1) is 5.69 Å². The lowest BCUT2D eigenvalue weighted by Gasteiger charge is -2.34. The van der Waals surface area contributed by atoms with Crippen LogP contribution in [0.2, 0.25) is 0 Å². The third-order valence-corrected chi connectivity index (χ3v) is 3.93. The second-order valence-corrected chi connectivity index (χ2v) is 5.84. The number of anilines is 1. The average Bonchev–Trinajstić information content (AvgIpc) is 2.47. The molecule has 0 amide bonds. The maximum absolute atomic E-state index is 14.2. The summed E-state index contributed by atoms with van der Waals surface area (Å²) in [6.45, 7) is 2.80. The Bertz CT molecular complexity index is 510. The lowest BCUT2D eigenvalue weighted by Crippen LogP contribution is -2.37. The van der Waals surface area contributed by atoms with E-state index in [9.17, 15) is 4.39 Å². The first kappa shape index (κ1) is 15.6. The number of nitrogens with zero attached hydrogens (tertiary/aromatic N) is 3. The van der Waals surface area contributed by atoms with E-state index in [0.29, 0.717) is 17.2 Å². The number of hydrogen-bond acceptors (Lipinski definition) is 4. The van der Waals surface area contributed by atoms with Gasteiger partial charge in [0.25, 0.3) is 0 Å². The Labute approximate surface area is 124 Å². The Morgan fingerprint density at radius 1 is 1.43 bits per heavy atom. The second-order valence-electron chi connectivity index (χ2n) is 5.84. The van der Waals surface area contributed by atoms with Crippen LogP contribution in [0.4, 0.5) is 10.1 Å². The average molecular weight is 294 g/mol. The fourth-order valence-corrected chi connectivity index (χ4v) is 2.85. The molecule has 116 valence electrons. The standard InChI is InChI=1S/C15H23FN4O/c1-19(2)10-11-5-7-20(8-6-11)14-4-3-12(9-13(14)16)15(17)18-21/h3-4,9,11,21H,5-8,10H2,1-2H3,(H2,17,18). The highest BCUT2D eigenvalue weighted by molar-refractivity contribution is 5.97. The van der Waals surface area contributed by atoms with Crippen molar-refractivity contribution in [2.75, 3.05) is 38.6 Å². The van der Waals surface area contributed by atoms with Crippen molar-refractivity contribution >= 4 is 11.5 Å². The number of benzene rings is 1. The van der Waals surface area contributed by atoms with Crippen LogP contribution in [0.25, 0.3) is 0 Å². The summed E-state index contributed by atoms with van der Waals surface area (Å²) in [5.41, 5.74) is 6.45. The number of amidine groups is 1. The van der Waals surface area contributed by atoms with Gasteiger partial charge in [0.2, 0.25) is 0 Å². The molecule has 0 unspecified atom stereocenters. The third-order valence-electron chi connectivity index (χ3n) is 3.93. The molecule has 0 aliphatic carbocycles. The fourth-order valence-electron chi connectivity index (χ4n) is 2.85. The van der Waals surface area contributed by atoms with Crippen LogP contribution in [-0.2, 0) is 0 Å². The van der Waals surface area contributed by atoms with Crippen LogP contribution in [-0.4, -0.2) is 49.7 Å². The van der Waals surface area contributed by atoms with E-state index >= 15 is 0 Å². The number of piperidine rings is 1. The van der Waals surface area contributed by atoms with Gasteiger partial charge in [-0.15, -0.1) is 0 Å². The van der Waals surface area contributed by atoms with Gasteiger partial charge in [-0.05, 0) is 51.1 Å². The first-order valence-corrected chi connectivity index (χ1v) is 7.18. The normalized spacial score (nSPS) is 17.5. The number of nitrogens with two attached hydrogens (primary N) is 1. The Hall–Kier alpha value is -1.82. The van der Waals surface area contributed by atoms with E-state index in [1.165, 1.54) is 6.07 Å². The first-order chi connectivity index (χ1) is 10.0. The van der Waals surface area contributed by atoms with Crippen LogP contribution in [0.3, 0.4) is 0 Å². The summed E-state index contributed by atoms with van der Waals surface area (Å²) in [7, 11) is 4.16. The minimum Gasteiger partial charge on any atom is -0.409 e. The highest BCUT2D eigenvalue weighted by Gasteiger charge is 2.22. The highest BCUT2D eigenvalue weighted by Crippen LogP contribution is 2.26. The van der Waals surface area contributed by atoms with Crippen molar-refractivity contribution in [1.29, 1.82) is 0 Å². The van der Waals surface area contributed by atoms with Crippen LogP contribution >= 0.6 is 0 Å². The predicted molar refractivity (Wildman–Crippen MR) is 82.4 cm³/mol. The Morgan fingerprint density at radius 2 is 2.10 bits per heavy atom. The highest BCUT2D eigenvalue weighted by atomic mass is 19.1. The molecule has 6 heteroatoms. The molecule has 0 saturated carbocycles. The van der Waals surface area contributed by atoms with Crippen LogP contribution in [0, 0.1) is 11.7 Å². The van der Waals surface area contributed by atoms with Gasteiger partial charge in [0, 0.05) is 25.2 Å². The minimum atomic E-state index is -0.329. The van der Waals surface area contributed by atoms with E-state index in [2.05, 4.69) is 29.1 Å². The molecule has 0 aromatic heterocycles. The number of oxime groups is 1. The van der Waals surface area contributed by atoms with Crippen molar-refractivity contribution in [1.82, 2.24) is 4.90 Å². The summed E-state index contributed by atoms with van der Waals surface area (Å²) in [6, 6.07) is 4.70. The molecule has 1 aliphatic heterocycles. The van der Waals surface area contributed by atoms with Gasteiger partial charge in [0.1, 0.15) is 5.82 Å². The van der Waals surface area contributed by atoms with Crippen molar-refractivity contribution in [3.8, 4) is 0 Å². The molecule has 1 aromatic rings. The largest absolute Gasteiger partial charge is 0.409 e. The smallest absolute Gasteiger partial charge is 0.170 e. The van der Waals surface area contributed by atoms with Crippen LogP contribution in [0.5, 0.6) is 0 Å². The molecule has 0 spiro atoms. The molecule has 5 nitrogen and oxygen atoms in total. The molecule has 21 heavy (non-hydrogen) atoms. The monoisotopic (exact) mass is 294 g/mol. The molecule has 1 aliphatic rings. The van der Waals surface area contributed by atoms with Gasteiger partial charge in [-0.3, -0.25) is 0 Å². The lowest BCUT2D eigenvalue weighted by atomic mass is 9.96. The quantitative estimate of drug-likeness (QED) is 0.384. The summed E-state index contributed by atoms with van der Waals surface area (Å²) in [6.07, 6.45) is 2.14. The molecule has 3 N–H and O–H groups in total. The number of rotatable bonds is 4. The summed E-state index contributed by atoms with van der Waals surface area (Å²) in [5.74, 6) is 0.269. The fraction of sp³-hybridized carbons (Fsp3) is 0.533. The molecule has 1 fully saturated rings. The Balaban J connectivity index is 2.04. The zero-order valence-electron chi connectivity index (χ0n) is 12.6. The zero-order valence-corrected chi connectivity index (χ0v) is 12.6. The van der Waals surface area contributed by atoms with Gasteiger partial charge in [-0.25, -0.2) is 4.39 Å². The second kappa shape index (κ2) is 6.76. The van der Waals surface area contributed by atoms with Gasteiger partial charge in [-0.1, -0.05) is 5.16 Å². The van der Waals surface area contributed by atoms with E-state index in [0.717, 1.165) is 32.5 Å². The molecule has 0 radical (unpaired) electrons. The van der Waals surface area contributed by atoms with Crippen molar-refractivity contribution in [3.63, 3.8) is 0 Å². The Morgan fingerprint density at radius 3 is 2.62 bits per heavy atom. The maximum Gasteiger partial charge on any atom is 0.170 e. The van der Waals surface area contributed by atoms with E-state index in [-0.39, 0.29) is 11.7 Å². The zero-order chi connectivity index (χ0) is 15.4. The van der Waals surface area contributed by atoms with Gasteiger partial charge < -0.3 is 20.7 Å². The van der Waals surface area contributed by atoms with Gasteiger partial charge in [0.15, 0.2) is 5.84 Å². The van der Waals surface area contributed by atoms with Crippen molar-refractivity contribution in [2.24, 2.45) is 16.8 Å². The molecule has 1 saturated heterocycles. The molecular weight excluding hydrogens is 271 g/mol. The van der Waals surface area contributed by atoms with E-state index in [4.69, 9.17) is 10.9 Å².